The van der Waals surface area contributed by atoms with Crippen LogP contribution in [0.1, 0.15) is 32.2 Å². The van der Waals surface area contributed by atoms with E-state index in [2.05, 4.69) is 20.5 Å². The van der Waals surface area contributed by atoms with Crippen LogP contribution in [0.25, 0.3) is 0 Å². The fourth-order valence-electron chi connectivity index (χ4n) is 2.42. The lowest BCUT2D eigenvalue weighted by Crippen LogP contribution is -2.41. The maximum absolute atomic E-state index is 12.5. The maximum Gasteiger partial charge on any atom is 0.246 e. The molecule has 3 N–H and O–H groups in total. The van der Waals surface area contributed by atoms with Crippen LogP contribution >= 0.6 is 0 Å². The molecule has 152 valence electrons. The van der Waals surface area contributed by atoms with Gasteiger partial charge >= 0.3 is 0 Å². The summed E-state index contributed by atoms with van der Waals surface area (Å²) >= 11 is 0. The maximum atomic E-state index is 12.5. The van der Waals surface area contributed by atoms with Gasteiger partial charge in [0.1, 0.15) is 10.6 Å². The number of aromatic nitrogens is 1. The first-order valence-corrected chi connectivity index (χ1v) is 10.2. The van der Waals surface area contributed by atoms with Gasteiger partial charge in [-0.1, -0.05) is 25.1 Å². The summed E-state index contributed by atoms with van der Waals surface area (Å²) in [7, 11) is -3.97. The zero-order chi connectivity index (χ0) is 21.1. The van der Waals surface area contributed by atoms with Gasteiger partial charge in [0.15, 0.2) is 5.76 Å². The Morgan fingerprint density at radius 3 is 2.11 bits per heavy atom. The first kappa shape index (κ1) is 21.6. The van der Waals surface area contributed by atoms with E-state index in [1.807, 2.05) is 0 Å². The van der Waals surface area contributed by atoms with E-state index in [1.54, 1.807) is 38.1 Å². The Kier molecular flexibility index (Phi) is 6.57. The number of nitrogens with one attached hydrogen (secondary N) is 3. The predicted octanol–water partition coefficient (Wildman–Crippen LogP) is 2.19. The van der Waals surface area contributed by atoms with Crippen molar-refractivity contribution in [3.05, 3.63) is 35.7 Å². The number of nitrogens with zero attached hydrogens (tertiary/aromatic N) is 1. The third-order valence-corrected chi connectivity index (χ3v) is 5.67. The highest BCUT2D eigenvalue weighted by Crippen LogP contribution is 2.20. The second-order valence-corrected chi connectivity index (χ2v) is 8.36. The lowest BCUT2D eigenvalue weighted by Gasteiger charge is -2.15. The summed E-state index contributed by atoms with van der Waals surface area (Å²) in [5.74, 6) is -0.741. The summed E-state index contributed by atoms with van der Waals surface area (Å²) in [6, 6.07) is 5.54. The Labute approximate surface area is 163 Å². The first-order chi connectivity index (χ1) is 13.0. The highest BCUT2D eigenvalue weighted by atomic mass is 32.2. The van der Waals surface area contributed by atoms with Crippen LogP contribution in [0.4, 0.5) is 11.4 Å². The van der Waals surface area contributed by atoms with Gasteiger partial charge in [-0.25, -0.2) is 8.42 Å². The monoisotopic (exact) mass is 408 g/mol. The molecule has 0 spiro atoms. The summed E-state index contributed by atoms with van der Waals surface area (Å²) in [5, 5.41) is 8.98. The second-order valence-electron chi connectivity index (χ2n) is 6.71. The second kappa shape index (κ2) is 8.53. The minimum Gasteiger partial charge on any atom is -0.360 e. The van der Waals surface area contributed by atoms with Crippen molar-refractivity contribution < 1.29 is 22.5 Å². The van der Waals surface area contributed by atoms with Gasteiger partial charge in [0.05, 0.1) is 6.04 Å². The van der Waals surface area contributed by atoms with Crippen molar-refractivity contribution in [3.8, 4) is 0 Å². The van der Waals surface area contributed by atoms with Crippen LogP contribution < -0.4 is 15.4 Å². The molecule has 2 amide bonds. The molecule has 28 heavy (non-hydrogen) atoms. The number of carbonyl (C=O) groups excluding carboxylic acids is 2. The number of amides is 2. The van der Waals surface area contributed by atoms with Gasteiger partial charge < -0.3 is 15.2 Å². The number of benzene rings is 1. The van der Waals surface area contributed by atoms with E-state index in [1.165, 1.54) is 20.8 Å². The number of hydrogen-bond donors (Lipinski definition) is 3. The van der Waals surface area contributed by atoms with Gasteiger partial charge in [0.25, 0.3) is 0 Å². The van der Waals surface area contributed by atoms with E-state index in [9.17, 15) is 18.0 Å². The van der Waals surface area contributed by atoms with E-state index in [0.29, 0.717) is 11.4 Å². The quantitative estimate of drug-likeness (QED) is 0.644. The number of sulfonamides is 1. The summed E-state index contributed by atoms with van der Waals surface area (Å²) in [6.45, 7) is 7.96. The van der Waals surface area contributed by atoms with Crippen molar-refractivity contribution in [2.45, 2.75) is 45.6 Å². The van der Waals surface area contributed by atoms with E-state index in [-0.39, 0.29) is 28.2 Å². The minimum absolute atomic E-state index is 0.0782. The highest BCUT2D eigenvalue weighted by Gasteiger charge is 2.28. The van der Waals surface area contributed by atoms with Crippen LogP contribution in [0.3, 0.4) is 0 Å². The molecule has 0 aliphatic heterocycles. The van der Waals surface area contributed by atoms with Gasteiger partial charge in [-0.05, 0) is 39.0 Å². The van der Waals surface area contributed by atoms with Crippen LogP contribution in [0.5, 0.6) is 0 Å². The van der Waals surface area contributed by atoms with E-state index >= 15 is 0 Å². The average Bonchev–Trinajstić information content (AvgIpc) is 2.94. The summed E-state index contributed by atoms with van der Waals surface area (Å²) in [6.07, 6.45) is 0. The number of hydrogen-bond acceptors (Lipinski definition) is 6. The number of aryl methyl sites for hydroxylation is 2. The van der Waals surface area contributed by atoms with E-state index in [0.717, 1.165) is 0 Å². The molecule has 10 heteroatoms. The summed E-state index contributed by atoms with van der Waals surface area (Å²) < 4.78 is 32.2. The Balaban J connectivity index is 2.07. The fourth-order valence-corrected chi connectivity index (χ4v) is 3.95. The van der Waals surface area contributed by atoms with Gasteiger partial charge in [-0.2, -0.15) is 4.72 Å². The standard InChI is InChI=1S/C18H24N4O5S/c1-10(2)17(23)19-14-7-6-8-15(9-14)20-18(24)12(4)22-28(25,26)16-11(3)21-27-13(16)5/h6-10,12,22H,1-5H3,(H,19,23)(H,20,24)/t12-/m0/s1. The SMILES string of the molecule is Cc1noc(C)c1S(=O)(=O)N[C@@H](C)C(=O)Nc1cccc(NC(=O)C(C)C)c1. The third-order valence-electron chi connectivity index (χ3n) is 3.88. The normalized spacial score (nSPS) is 12.6. The Morgan fingerprint density at radius 1 is 1.04 bits per heavy atom. The molecule has 2 aromatic rings. The average molecular weight is 408 g/mol. The number of anilines is 2. The molecular formula is C18H24N4O5S. The van der Waals surface area contributed by atoms with Gasteiger partial charge in [-0.3, -0.25) is 9.59 Å². The molecule has 0 fully saturated rings. The van der Waals surface area contributed by atoms with Crippen molar-refractivity contribution in [1.29, 1.82) is 0 Å². The minimum atomic E-state index is -3.97. The molecular weight excluding hydrogens is 384 g/mol. The molecule has 0 unspecified atom stereocenters. The predicted molar refractivity (Wildman–Crippen MR) is 104 cm³/mol. The van der Waals surface area contributed by atoms with Crippen LogP contribution in [0, 0.1) is 19.8 Å². The zero-order valence-corrected chi connectivity index (χ0v) is 17.2. The molecule has 1 aromatic carbocycles. The van der Waals surface area contributed by atoms with Gasteiger partial charge in [-0.15, -0.1) is 0 Å². The largest absolute Gasteiger partial charge is 0.360 e. The lowest BCUT2D eigenvalue weighted by molar-refractivity contribution is -0.119. The van der Waals surface area contributed by atoms with Crippen molar-refractivity contribution in [1.82, 2.24) is 9.88 Å². The molecule has 1 atom stereocenters. The molecule has 0 aliphatic carbocycles. The van der Waals surface area contributed by atoms with Crippen molar-refractivity contribution >= 4 is 33.2 Å². The van der Waals surface area contributed by atoms with Crippen molar-refractivity contribution in [3.63, 3.8) is 0 Å². The highest BCUT2D eigenvalue weighted by molar-refractivity contribution is 7.89. The first-order valence-electron chi connectivity index (χ1n) is 8.68. The van der Waals surface area contributed by atoms with Gasteiger partial charge in [0, 0.05) is 17.3 Å². The number of carbonyl (C=O) groups is 2. The Bertz CT molecular complexity index is 962. The van der Waals surface area contributed by atoms with E-state index < -0.39 is 22.0 Å². The zero-order valence-electron chi connectivity index (χ0n) is 16.4. The van der Waals surface area contributed by atoms with Crippen LogP contribution in [0.15, 0.2) is 33.7 Å². The number of rotatable bonds is 7. The molecule has 2 rings (SSSR count). The summed E-state index contributed by atoms with van der Waals surface area (Å²) in [5.41, 5.74) is 1.17. The molecule has 0 bridgehead atoms. The lowest BCUT2D eigenvalue weighted by atomic mass is 10.2. The molecule has 0 saturated carbocycles. The summed E-state index contributed by atoms with van der Waals surface area (Å²) in [4.78, 5) is 24.1. The van der Waals surface area contributed by atoms with E-state index in [4.69, 9.17) is 4.52 Å². The molecule has 1 heterocycles. The smallest absolute Gasteiger partial charge is 0.246 e. The van der Waals surface area contributed by atoms with Crippen molar-refractivity contribution in [2.75, 3.05) is 10.6 Å². The van der Waals surface area contributed by atoms with Crippen LogP contribution in [-0.2, 0) is 19.6 Å². The third kappa shape index (κ3) is 5.17. The Morgan fingerprint density at radius 2 is 1.61 bits per heavy atom. The van der Waals surface area contributed by atoms with Crippen LogP contribution in [-0.4, -0.2) is 31.4 Å². The Hall–Kier alpha value is -2.72. The van der Waals surface area contributed by atoms with Crippen molar-refractivity contribution in [2.24, 2.45) is 5.92 Å². The fraction of sp³-hybridized carbons (Fsp3) is 0.389. The molecule has 0 radical (unpaired) electrons. The molecule has 1 aromatic heterocycles. The van der Waals surface area contributed by atoms with Crippen LogP contribution in [0.2, 0.25) is 0 Å². The molecule has 0 saturated heterocycles. The molecule has 0 aliphatic rings. The molecule has 9 nitrogen and oxygen atoms in total. The topological polar surface area (TPSA) is 130 Å². The van der Waals surface area contributed by atoms with Gasteiger partial charge in [0.2, 0.25) is 21.8 Å².